The molecule has 0 saturated carbocycles. The Morgan fingerprint density at radius 2 is 0.238 bits per heavy atom. The fraction of sp³-hybridized carbons (Fsp3) is 0. The summed E-state index contributed by atoms with van der Waals surface area (Å²) in [6.07, 6.45) is 0. The Morgan fingerprint density at radius 3 is 0.238 bits per heavy atom. The van der Waals surface area contributed by atoms with Crippen molar-refractivity contribution in [2.24, 2.45) is 0 Å². The van der Waals surface area contributed by atoms with Gasteiger partial charge in [-0.3, -0.25) is 0 Å². The Hall–Kier alpha value is 4.64. The summed E-state index contributed by atoms with van der Waals surface area (Å²) < 4.78 is 0. The molecule has 0 rings (SSSR count). The zero-order chi connectivity index (χ0) is 0. The van der Waals surface area contributed by atoms with Crippen molar-refractivity contribution < 1.29 is 184 Å². The van der Waals surface area contributed by atoms with Crippen molar-refractivity contribution in [2.45, 2.75) is 0 Å². The minimum absolute atomic E-state index is 0. The zero-order valence-corrected chi connectivity index (χ0v) is 23.3. The molecule has 0 N–H and O–H groups in total. The first-order valence-electron chi connectivity index (χ1n) is 0. The second-order valence-corrected chi connectivity index (χ2v) is 0. The van der Waals surface area contributed by atoms with Crippen LogP contribution in [0.2, 0.25) is 0 Å². The largest absolute Gasteiger partial charge is 4.00 e. The predicted molar refractivity (Wildman–Crippen MR) is 20.4 cm³/mol. The van der Waals surface area contributed by atoms with Crippen LogP contribution in [0.1, 0.15) is 0 Å². The van der Waals surface area contributed by atoms with Gasteiger partial charge in [-0.15, -0.1) is 0 Å². The molecule has 0 fully saturated rings. The molecule has 0 radical (unpaired) electrons. The van der Waals surface area contributed by atoms with Gasteiger partial charge in [-0.2, -0.15) is 0 Å². The molecule has 0 aromatic rings. The van der Waals surface area contributed by atoms with Crippen molar-refractivity contribution in [1.29, 1.82) is 0 Å². The number of hydrogen-bond acceptors (Lipinski definition) is 0. The fourth-order valence-electron chi connectivity index (χ4n) is 0. The quantitative estimate of drug-likeness (QED) is 0.204. The van der Waals surface area contributed by atoms with Crippen LogP contribution in [0.25, 0.3) is 0 Å². The summed E-state index contributed by atoms with van der Waals surface area (Å²) in [5.74, 6) is 0. The maximum Gasteiger partial charge on any atom is 4.00 e. The zero-order valence-electron chi connectivity index (χ0n) is 9.76. The first kappa shape index (κ1) is 724. The van der Waals surface area contributed by atoms with Crippen molar-refractivity contribution in [1.82, 2.24) is 0 Å². The van der Waals surface area contributed by atoms with Gasteiger partial charge in [0.1, 0.15) is 0 Å². The van der Waals surface area contributed by atoms with Crippen molar-refractivity contribution >= 4 is 47.8 Å². The van der Waals surface area contributed by atoms with Crippen LogP contribution in [0.15, 0.2) is 0 Å². The molecular formula is Li2Ni2O13Sn2W2-12. The Morgan fingerprint density at radius 1 is 0.238 bits per heavy atom. The van der Waals surface area contributed by atoms with E-state index < -0.39 is 0 Å². The van der Waals surface area contributed by atoms with Crippen molar-refractivity contribution in [3.05, 3.63) is 0 Å². The maximum absolute atomic E-state index is 0. The van der Waals surface area contributed by atoms with Crippen LogP contribution in [0.3, 0.4) is 0 Å². The number of hydrogen-bond donors (Lipinski definition) is 0. The summed E-state index contributed by atoms with van der Waals surface area (Å²) in [5.41, 5.74) is 0. The minimum atomic E-state index is 0. The van der Waals surface area contributed by atoms with Gasteiger partial charge in [-0.25, -0.2) is 0 Å². The molecule has 0 unspecified atom stereocenters. The molecule has 0 aromatic heterocycles. The van der Waals surface area contributed by atoms with Crippen LogP contribution in [0, 0.1) is 0 Å². The molecule has 0 atom stereocenters. The standard InChI is InChI=1S/2Li.2Ni.13O.2Sn.2W/q2*+1;2*+2;13*-2;2*+4;;. The molecule has 132 valence electrons. The van der Waals surface area contributed by atoms with Gasteiger partial charge in [-0.05, 0) is 0 Å². The SMILES string of the molecule is [Li+].[Li+].[Ni+2].[Ni+2].[O-2].[O-2].[O-2].[O-2].[O-2].[O-2].[O-2].[O-2].[O-2].[O-2].[O-2].[O-2].[O-2].[Sn+4].[Sn+4].[W].[W]. The van der Waals surface area contributed by atoms with E-state index in [0.717, 1.165) is 0 Å². The smallest absolute Gasteiger partial charge is 2.00 e. The summed E-state index contributed by atoms with van der Waals surface area (Å²) >= 11 is 0. The molecule has 13 nitrogen and oxygen atoms in total. The number of rotatable bonds is 0. The van der Waals surface area contributed by atoms with E-state index in [-0.39, 0.29) is 232 Å². The normalized spacial score (nSPS) is 0. The minimum Gasteiger partial charge on any atom is -2.00 e. The van der Waals surface area contributed by atoms with Gasteiger partial charge in [0.05, 0.1) is 0 Å². The third-order valence-corrected chi connectivity index (χ3v) is 0. The summed E-state index contributed by atoms with van der Waals surface area (Å²) in [6.45, 7) is 0. The third-order valence-electron chi connectivity index (χ3n) is 0. The van der Waals surface area contributed by atoms with E-state index in [9.17, 15) is 0 Å². The monoisotopic (exact) mass is 946 g/mol. The molecule has 0 aliphatic rings. The van der Waals surface area contributed by atoms with Crippen molar-refractivity contribution in [3.63, 3.8) is 0 Å². The summed E-state index contributed by atoms with van der Waals surface area (Å²) in [7, 11) is 0. The summed E-state index contributed by atoms with van der Waals surface area (Å²) in [4.78, 5) is 0. The van der Waals surface area contributed by atoms with E-state index >= 15 is 0 Å². The Kier molecular flexibility index (Phi) is 22100. The van der Waals surface area contributed by atoms with E-state index in [1.54, 1.807) is 0 Å². The van der Waals surface area contributed by atoms with Gasteiger partial charge < -0.3 is 71.2 Å². The molecule has 0 aliphatic heterocycles. The molecule has 0 heterocycles. The molecule has 0 aromatic carbocycles. The Balaban J connectivity index is 0. The average molecular weight is 944 g/mol. The van der Waals surface area contributed by atoms with E-state index in [4.69, 9.17) is 0 Å². The van der Waals surface area contributed by atoms with Gasteiger partial charge in [0.15, 0.2) is 0 Å². The molecular weight excluding hydrogens is 944 g/mol. The van der Waals surface area contributed by atoms with Crippen LogP contribution in [0.5, 0.6) is 0 Å². The van der Waals surface area contributed by atoms with E-state index in [0.29, 0.717) is 0 Å². The summed E-state index contributed by atoms with van der Waals surface area (Å²) in [6, 6.07) is 0. The molecule has 21 heavy (non-hydrogen) atoms. The van der Waals surface area contributed by atoms with Crippen LogP contribution in [0.4, 0.5) is 0 Å². The first-order valence-corrected chi connectivity index (χ1v) is 0. The molecule has 0 saturated heterocycles. The van der Waals surface area contributed by atoms with Gasteiger partial charge in [-0.1, -0.05) is 0 Å². The van der Waals surface area contributed by atoms with E-state index in [2.05, 4.69) is 0 Å². The van der Waals surface area contributed by atoms with Crippen molar-refractivity contribution in [2.75, 3.05) is 0 Å². The molecule has 0 spiro atoms. The van der Waals surface area contributed by atoms with Gasteiger partial charge in [0.2, 0.25) is 0 Å². The summed E-state index contributed by atoms with van der Waals surface area (Å²) in [5, 5.41) is 0. The van der Waals surface area contributed by atoms with Gasteiger partial charge in [0.25, 0.3) is 0 Å². The van der Waals surface area contributed by atoms with Crippen LogP contribution < -0.4 is 37.7 Å². The van der Waals surface area contributed by atoms with E-state index in [1.165, 1.54) is 0 Å². The second kappa shape index (κ2) is 640. The molecule has 0 aliphatic carbocycles. The van der Waals surface area contributed by atoms with Crippen LogP contribution >= 0.6 is 0 Å². The second-order valence-electron chi connectivity index (χ2n) is 0. The molecule has 0 amide bonds. The molecule has 21 heteroatoms. The third kappa shape index (κ3) is 587. The van der Waals surface area contributed by atoms with Crippen LogP contribution in [-0.4, -0.2) is 47.8 Å². The predicted octanol–water partition coefficient (Wildman–Crippen LogP) is -8.31. The van der Waals surface area contributed by atoms with E-state index in [1.807, 2.05) is 0 Å². The topological polar surface area (TPSA) is 370 Å². The fourth-order valence-corrected chi connectivity index (χ4v) is 0. The van der Waals surface area contributed by atoms with Gasteiger partial charge >= 0.3 is 119 Å². The Labute approximate surface area is 228 Å². The van der Waals surface area contributed by atoms with Crippen LogP contribution in [-0.2, 0) is 146 Å². The Bertz CT molecular complexity index is 36.1. The first-order chi connectivity index (χ1) is 0. The van der Waals surface area contributed by atoms with Gasteiger partial charge in [0, 0.05) is 42.1 Å². The molecule has 0 bridgehead atoms. The maximum atomic E-state index is 0. The van der Waals surface area contributed by atoms with Crippen molar-refractivity contribution in [3.8, 4) is 0 Å². The average Bonchev–Trinajstić information content (AvgIpc) is 0.